The molecule has 0 spiro atoms. The molecule has 0 fully saturated rings. The molecule has 0 aliphatic rings. The van der Waals surface area contributed by atoms with Gasteiger partial charge in [0.25, 0.3) is 11.8 Å². The van der Waals surface area contributed by atoms with Gasteiger partial charge in [-0.2, -0.15) is 0 Å². The molecule has 7 nitrogen and oxygen atoms in total. The maximum atomic E-state index is 12.4. The zero-order chi connectivity index (χ0) is 19.4. The highest BCUT2D eigenvalue weighted by Gasteiger charge is 2.16. The molecule has 2 N–H and O–H groups in total. The highest BCUT2D eigenvalue weighted by atomic mass is 16.5. The lowest BCUT2D eigenvalue weighted by Gasteiger charge is -2.15. The van der Waals surface area contributed by atoms with Crippen molar-refractivity contribution >= 4 is 28.5 Å². The molecule has 1 unspecified atom stereocenters. The number of hydrogen-bond acceptors (Lipinski definition) is 5. The lowest BCUT2D eigenvalue weighted by molar-refractivity contribution is -0.122. The Morgan fingerprint density at radius 2 is 1.85 bits per heavy atom. The molecule has 3 aromatic rings. The van der Waals surface area contributed by atoms with Gasteiger partial charge in [-0.05, 0) is 43.3 Å². The van der Waals surface area contributed by atoms with Gasteiger partial charge in [0.2, 0.25) is 0 Å². The van der Waals surface area contributed by atoms with Crippen LogP contribution in [0.2, 0.25) is 0 Å². The highest BCUT2D eigenvalue weighted by Crippen LogP contribution is 2.21. The van der Waals surface area contributed by atoms with E-state index in [0.717, 1.165) is 5.39 Å². The van der Waals surface area contributed by atoms with Gasteiger partial charge < -0.3 is 19.8 Å². The van der Waals surface area contributed by atoms with Gasteiger partial charge in [0.15, 0.2) is 6.10 Å². The van der Waals surface area contributed by atoms with Crippen LogP contribution in [0.1, 0.15) is 17.3 Å². The second-order valence-corrected chi connectivity index (χ2v) is 5.86. The van der Waals surface area contributed by atoms with Crippen LogP contribution in [-0.4, -0.2) is 25.0 Å². The Kier molecular flexibility index (Phi) is 5.21. The molecule has 1 heterocycles. The molecule has 27 heavy (non-hydrogen) atoms. The molecular formula is C20H18N2O5. The normalized spacial score (nSPS) is 11.6. The van der Waals surface area contributed by atoms with E-state index in [2.05, 4.69) is 10.6 Å². The third-order valence-electron chi connectivity index (χ3n) is 3.90. The van der Waals surface area contributed by atoms with Gasteiger partial charge in [-0.1, -0.05) is 6.07 Å². The van der Waals surface area contributed by atoms with Gasteiger partial charge >= 0.3 is 5.63 Å². The van der Waals surface area contributed by atoms with E-state index in [-0.39, 0.29) is 11.8 Å². The van der Waals surface area contributed by atoms with E-state index in [4.69, 9.17) is 9.15 Å². The molecule has 1 aromatic heterocycles. The zero-order valence-corrected chi connectivity index (χ0v) is 14.8. The largest absolute Gasteiger partial charge is 0.481 e. The summed E-state index contributed by atoms with van der Waals surface area (Å²) in [6, 6.07) is 14.6. The maximum absolute atomic E-state index is 12.4. The van der Waals surface area contributed by atoms with E-state index in [1.165, 1.54) is 13.1 Å². The fourth-order valence-corrected chi connectivity index (χ4v) is 2.50. The highest BCUT2D eigenvalue weighted by molar-refractivity contribution is 5.98. The SMILES string of the molecule is CNC(=O)c1cccc(NC(=O)C(C)Oc2ccc3ccc(=O)oc3c2)c1. The van der Waals surface area contributed by atoms with Crippen LogP contribution < -0.4 is 21.0 Å². The molecule has 7 heteroatoms. The summed E-state index contributed by atoms with van der Waals surface area (Å²) in [6.45, 7) is 1.60. The van der Waals surface area contributed by atoms with Crippen LogP contribution in [0.15, 0.2) is 63.8 Å². The van der Waals surface area contributed by atoms with E-state index in [0.29, 0.717) is 22.6 Å². The molecule has 0 aliphatic heterocycles. The van der Waals surface area contributed by atoms with Crippen LogP contribution in [-0.2, 0) is 4.79 Å². The van der Waals surface area contributed by atoms with Crippen molar-refractivity contribution in [1.29, 1.82) is 0 Å². The summed E-state index contributed by atoms with van der Waals surface area (Å²) in [7, 11) is 1.54. The number of ether oxygens (including phenoxy) is 1. The van der Waals surface area contributed by atoms with E-state index < -0.39 is 11.7 Å². The molecular weight excluding hydrogens is 348 g/mol. The summed E-state index contributed by atoms with van der Waals surface area (Å²) < 4.78 is 10.8. The first-order valence-electron chi connectivity index (χ1n) is 8.30. The molecule has 0 saturated carbocycles. The summed E-state index contributed by atoms with van der Waals surface area (Å²) in [5.41, 5.74) is 0.849. The lowest BCUT2D eigenvalue weighted by atomic mass is 10.2. The van der Waals surface area contributed by atoms with Gasteiger partial charge in [-0.25, -0.2) is 4.79 Å². The Bertz CT molecular complexity index is 1060. The molecule has 0 aliphatic carbocycles. The second kappa shape index (κ2) is 7.74. The van der Waals surface area contributed by atoms with Crippen molar-refractivity contribution in [1.82, 2.24) is 5.32 Å². The smallest absolute Gasteiger partial charge is 0.336 e. The number of nitrogens with one attached hydrogen (secondary N) is 2. The third kappa shape index (κ3) is 4.33. The number of benzene rings is 2. The van der Waals surface area contributed by atoms with Crippen LogP contribution in [0.25, 0.3) is 11.0 Å². The monoisotopic (exact) mass is 366 g/mol. The Morgan fingerprint density at radius 3 is 2.63 bits per heavy atom. The van der Waals surface area contributed by atoms with Crippen LogP contribution in [0, 0.1) is 0 Å². The predicted octanol–water partition coefficient (Wildman–Crippen LogP) is 2.56. The molecule has 2 amide bonds. The van der Waals surface area contributed by atoms with Crippen molar-refractivity contribution in [3.63, 3.8) is 0 Å². The lowest BCUT2D eigenvalue weighted by Crippen LogP contribution is -2.30. The Morgan fingerprint density at radius 1 is 1.07 bits per heavy atom. The van der Waals surface area contributed by atoms with Crippen molar-refractivity contribution in [2.24, 2.45) is 0 Å². The van der Waals surface area contributed by atoms with Crippen molar-refractivity contribution in [2.45, 2.75) is 13.0 Å². The first kappa shape index (κ1) is 18.2. The van der Waals surface area contributed by atoms with Gasteiger partial charge in [0.1, 0.15) is 11.3 Å². The second-order valence-electron chi connectivity index (χ2n) is 5.86. The number of rotatable bonds is 5. The Labute approximate surface area is 154 Å². The number of amides is 2. The molecule has 2 aromatic carbocycles. The standard InChI is InChI=1S/C20H18N2O5/c1-12(19(24)22-15-5-3-4-14(10-15)20(25)21-2)26-16-8-6-13-7-9-18(23)27-17(13)11-16/h3-12H,1-2H3,(H,21,25)(H,22,24). The number of carbonyl (C=O) groups is 2. The van der Waals surface area contributed by atoms with Crippen molar-refractivity contribution in [3.05, 3.63) is 70.6 Å². The van der Waals surface area contributed by atoms with E-state index in [1.807, 2.05) is 0 Å². The summed E-state index contributed by atoms with van der Waals surface area (Å²) in [5, 5.41) is 5.99. The average Bonchev–Trinajstić information content (AvgIpc) is 2.67. The van der Waals surface area contributed by atoms with E-state index in [9.17, 15) is 14.4 Å². The maximum Gasteiger partial charge on any atom is 0.336 e. The van der Waals surface area contributed by atoms with Crippen molar-refractivity contribution in [2.75, 3.05) is 12.4 Å². The molecule has 0 bridgehead atoms. The number of carbonyl (C=O) groups excluding carboxylic acids is 2. The number of anilines is 1. The molecule has 0 radical (unpaired) electrons. The first-order chi connectivity index (χ1) is 13.0. The molecule has 3 rings (SSSR count). The number of fused-ring (bicyclic) bond motifs is 1. The third-order valence-corrected chi connectivity index (χ3v) is 3.90. The van der Waals surface area contributed by atoms with Crippen LogP contribution in [0.5, 0.6) is 5.75 Å². The minimum atomic E-state index is -0.804. The first-order valence-corrected chi connectivity index (χ1v) is 8.30. The molecule has 0 saturated heterocycles. The van der Waals surface area contributed by atoms with Crippen LogP contribution >= 0.6 is 0 Å². The quantitative estimate of drug-likeness (QED) is 0.677. The molecule has 138 valence electrons. The van der Waals surface area contributed by atoms with E-state index in [1.54, 1.807) is 55.5 Å². The van der Waals surface area contributed by atoms with Crippen molar-refractivity contribution < 1.29 is 18.7 Å². The fraction of sp³-hybridized carbons (Fsp3) is 0.150. The topological polar surface area (TPSA) is 97.6 Å². The van der Waals surface area contributed by atoms with Crippen LogP contribution in [0.4, 0.5) is 5.69 Å². The minimum Gasteiger partial charge on any atom is -0.481 e. The van der Waals surface area contributed by atoms with Gasteiger partial charge in [0.05, 0.1) is 0 Å². The summed E-state index contributed by atoms with van der Waals surface area (Å²) in [5.74, 6) is -0.217. The summed E-state index contributed by atoms with van der Waals surface area (Å²) in [4.78, 5) is 35.4. The molecule has 1 atom stereocenters. The Balaban J connectivity index is 1.71. The average molecular weight is 366 g/mol. The Hall–Kier alpha value is -3.61. The van der Waals surface area contributed by atoms with E-state index >= 15 is 0 Å². The summed E-state index contributed by atoms with van der Waals surface area (Å²) in [6.07, 6.45) is -0.804. The van der Waals surface area contributed by atoms with Crippen LogP contribution in [0.3, 0.4) is 0 Å². The predicted molar refractivity (Wildman–Crippen MR) is 101 cm³/mol. The minimum absolute atomic E-state index is 0.243. The van der Waals surface area contributed by atoms with Gasteiger partial charge in [0, 0.05) is 35.8 Å². The van der Waals surface area contributed by atoms with Gasteiger partial charge in [-0.3, -0.25) is 9.59 Å². The fourth-order valence-electron chi connectivity index (χ4n) is 2.50. The van der Waals surface area contributed by atoms with Gasteiger partial charge in [-0.15, -0.1) is 0 Å². The summed E-state index contributed by atoms with van der Waals surface area (Å²) >= 11 is 0. The zero-order valence-electron chi connectivity index (χ0n) is 14.8. The van der Waals surface area contributed by atoms with Crippen molar-refractivity contribution in [3.8, 4) is 5.75 Å². The number of hydrogen-bond donors (Lipinski definition) is 2.